The van der Waals surface area contributed by atoms with Gasteiger partial charge in [-0.05, 0) is 26.8 Å². The van der Waals surface area contributed by atoms with E-state index in [4.69, 9.17) is 0 Å². The molecule has 2 heterocycles. The second kappa shape index (κ2) is 5.99. The number of aliphatic hydroxyl groups is 1. The Bertz CT molecular complexity index is 517. The van der Waals surface area contributed by atoms with Crippen molar-refractivity contribution < 1.29 is 15.0 Å². The van der Waals surface area contributed by atoms with E-state index in [0.29, 0.717) is 6.54 Å². The number of rotatable bonds is 4. The molecule has 116 valence electrons. The number of carboxylic acids is 1. The van der Waals surface area contributed by atoms with Crippen LogP contribution in [0.15, 0.2) is 12.3 Å². The maximum absolute atomic E-state index is 11.3. The molecule has 1 fully saturated rings. The zero-order chi connectivity index (χ0) is 15.6. The van der Waals surface area contributed by atoms with Gasteiger partial charge in [-0.2, -0.15) is 0 Å². The lowest BCUT2D eigenvalue weighted by Crippen LogP contribution is -2.50. The number of β-amino-alcohol motifs (C(OH)–C–C–N with tert-alkyl or cyclic N) is 1. The van der Waals surface area contributed by atoms with E-state index >= 15 is 0 Å². The SMILES string of the molecule is Cc1cc(N2CCN(CC(C)(C)O)CC2)c(C(=O)O)cn1. The summed E-state index contributed by atoms with van der Waals surface area (Å²) in [5.41, 5.74) is 1.09. The standard InChI is InChI=1S/C15H23N3O3/c1-11-8-13(12(9-16-11)14(19)20)18-6-4-17(5-7-18)10-15(2,3)21/h8-9,21H,4-7,10H2,1-3H3,(H,19,20). The van der Waals surface area contributed by atoms with Crippen molar-refractivity contribution in [1.29, 1.82) is 0 Å². The van der Waals surface area contributed by atoms with Crippen LogP contribution in [-0.4, -0.2) is 64.4 Å². The number of aromatic carboxylic acids is 1. The topological polar surface area (TPSA) is 76.9 Å². The first-order chi connectivity index (χ1) is 9.76. The number of piperazine rings is 1. The van der Waals surface area contributed by atoms with Crippen LogP contribution in [0.5, 0.6) is 0 Å². The average Bonchev–Trinajstić information content (AvgIpc) is 2.37. The van der Waals surface area contributed by atoms with E-state index < -0.39 is 11.6 Å². The number of nitrogens with zero attached hydrogens (tertiary/aromatic N) is 3. The third-order valence-corrected chi connectivity index (χ3v) is 3.57. The lowest BCUT2D eigenvalue weighted by atomic mass is 10.1. The Kier molecular flexibility index (Phi) is 4.49. The minimum Gasteiger partial charge on any atom is -0.478 e. The Morgan fingerprint density at radius 3 is 2.48 bits per heavy atom. The van der Waals surface area contributed by atoms with E-state index in [2.05, 4.69) is 14.8 Å². The summed E-state index contributed by atoms with van der Waals surface area (Å²) >= 11 is 0. The highest BCUT2D eigenvalue weighted by molar-refractivity contribution is 5.94. The van der Waals surface area contributed by atoms with Gasteiger partial charge >= 0.3 is 5.97 Å². The van der Waals surface area contributed by atoms with Crippen LogP contribution in [0.25, 0.3) is 0 Å². The predicted molar refractivity (Wildman–Crippen MR) is 80.9 cm³/mol. The number of hydrogen-bond donors (Lipinski definition) is 2. The summed E-state index contributed by atoms with van der Waals surface area (Å²) in [5, 5.41) is 19.1. The van der Waals surface area contributed by atoms with Crippen molar-refractivity contribution in [1.82, 2.24) is 9.88 Å². The zero-order valence-electron chi connectivity index (χ0n) is 12.8. The smallest absolute Gasteiger partial charge is 0.339 e. The highest BCUT2D eigenvalue weighted by Crippen LogP contribution is 2.23. The van der Waals surface area contributed by atoms with E-state index in [1.807, 2.05) is 13.0 Å². The van der Waals surface area contributed by atoms with Gasteiger partial charge in [-0.15, -0.1) is 0 Å². The molecule has 21 heavy (non-hydrogen) atoms. The quantitative estimate of drug-likeness (QED) is 0.862. The molecule has 0 aliphatic carbocycles. The summed E-state index contributed by atoms with van der Waals surface area (Å²) in [6.45, 7) is 9.21. The summed E-state index contributed by atoms with van der Waals surface area (Å²) in [6, 6.07) is 1.83. The van der Waals surface area contributed by atoms with Gasteiger partial charge in [-0.25, -0.2) is 4.79 Å². The number of hydrogen-bond acceptors (Lipinski definition) is 5. The van der Waals surface area contributed by atoms with Crippen molar-refractivity contribution in [3.8, 4) is 0 Å². The van der Waals surface area contributed by atoms with Gasteiger partial charge in [-0.3, -0.25) is 9.88 Å². The Morgan fingerprint density at radius 2 is 1.95 bits per heavy atom. The molecule has 0 saturated carbocycles. The molecule has 6 heteroatoms. The fourth-order valence-corrected chi connectivity index (χ4v) is 2.67. The molecule has 6 nitrogen and oxygen atoms in total. The van der Waals surface area contributed by atoms with E-state index in [-0.39, 0.29) is 5.56 Å². The van der Waals surface area contributed by atoms with Crippen LogP contribution < -0.4 is 4.90 Å². The minimum atomic E-state index is -0.948. The van der Waals surface area contributed by atoms with Crippen molar-refractivity contribution in [2.24, 2.45) is 0 Å². The van der Waals surface area contributed by atoms with Gasteiger partial charge in [-0.1, -0.05) is 0 Å². The van der Waals surface area contributed by atoms with Crippen LogP contribution in [0.1, 0.15) is 29.9 Å². The summed E-state index contributed by atoms with van der Waals surface area (Å²) in [4.78, 5) is 19.7. The molecule has 1 saturated heterocycles. The third-order valence-electron chi connectivity index (χ3n) is 3.57. The van der Waals surface area contributed by atoms with Crippen LogP contribution in [0, 0.1) is 6.92 Å². The number of carboxylic acid groups (broad SMARTS) is 1. The highest BCUT2D eigenvalue weighted by Gasteiger charge is 2.25. The molecule has 2 N–H and O–H groups in total. The molecule has 1 aromatic heterocycles. The number of aromatic nitrogens is 1. The Balaban J connectivity index is 2.09. The molecule has 0 aromatic carbocycles. The van der Waals surface area contributed by atoms with Crippen LogP contribution in [0.3, 0.4) is 0 Å². The average molecular weight is 293 g/mol. The Morgan fingerprint density at radius 1 is 1.33 bits per heavy atom. The van der Waals surface area contributed by atoms with Gasteiger partial charge in [0.1, 0.15) is 5.56 Å². The second-order valence-corrected chi connectivity index (χ2v) is 6.22. The lowest BCUT2D eigenvalue weighted by Gasteiger charge is -2.38. The van der Waals surface area contributed by atoms with Crippen LogP contribution >= 0.6 is 0 Å². The number of carbonyl (C=O) groups is 1. The second-order valence-electron chi connectivity index (χ2n) is 6.22. The fourth-order valence-electron chi connectivity index (χ4n) is 2.67. The molecular weight excluding hydrogens is 270 g/mol. The third kappa shape index (κ3) is 4.15. The first-order valence-electron chi connectivity index (χ1n) is 7.16. The molecule has 0 unspecified atom stereocenters. The number of aryl methyl sites for hydroxylation is 1. The minimum absolute atomic E-state index is 0.247. The molecule has 1 aliphatic heterocycles. The van der Waals surface area contributed by atoms with Gasteiger partial charge < -0.3 is 15.1 Å². The maximum Gasteiger partial charge on any atom is 0.339 e. The summed E-state index contributed by atoms with van der Waals surface area (Å²) in [5.74, 6) is -0.948. The van der Waals surface area contributed by atoms with Crippen molar-refractivity contribution in [3.63, 3.8) is 0 Å². The molecule has 1 aromatic rings. The van der Waals surface area contributed by atoms with Gasteiger partial charge in [0.15, 0.2) is 0 Å². The first-order valence-corrected chi connectivity index (χ1v) is 7.16. The summed E-state index contributed by atoms with van der Waals surface area (Å²) in [7, 11) is 0. The Labute approximate surface area is 125 Å². The summed E-state index contributed by atoms with van der Waals surface area (Å²) < 4.78 is 0. The largest absolute Gasteiger partial charge is 0.478 e. The van der Waals surface area contributed by atoms with Crippen molar-refractivity contribution in [2.75, 3.05) is 37.6 Å². The van der Waals surface area contributed by atoms with Crippen LogP contribution in [-0.2, 0) is 0 Å². The molecule has 0 bridgehead atoms. The lowest BCUT2D eigenvalue weighted by molar-refractivity contribution is 0.0345. The maximum atomic E-state index is 11.3. The number of anilines is 1. The van der Waals surface area contributed by atoms with Crippen molar-refractivity contribution in [3.05, 3.63) is 23.5 Å². The predicted octanol–water partition coefficient (Wildman–Crippen LogP) is 0.981. The fraction of sp³-hybridized carbons (Fsp3) is 0.600. The monoisotopic (exact) mass is 293 g/mol. The zero-order valence-corrected chi connectivity index (χ0v) is 12.8. The summed E-state index contributed by atoms with van der Waals surface area (Å²) in [6.07, 6.45) is 1.43. The molecule has 0 radical (unpaired) electrons. The first kappa shape index (κ1) is 15.7. The van der Waals surface area contributed by atoms with Gasteiger partial charge in [0, 0.05) is 44.6 Å². The highest BCUT2D eigenvalue weighted by atomic mass is 16.4. The normalized spacial score (nSPS) is 17.0. The molecule has 0 amide bonds. The van der Waals surface area contributed by atoms with Crippen molar-refractivity contribution >= 4 is 11.7 Å². The van der Waals surface area contributed by atoms with E-state index in [9.17, 15) is 15.0 Å². The molecule has 1 aliphatic rings. The van der Waals surface area contributed by atoms with Gasteiger partial charge in [0.2, 0.25) is 0 Å². The van der Waals surface area contributed by atoms with Gasteiger partial charge in [0.25, 0.3) is 0 Å². The van der Waals surface area contributed by atoms with E-state index in [1.165, 1.54) is 6.20 Å². The number of pyridine rings is 1. The molecule has 2 rings (SSSR count). The van der Waals surface area contributed by atoms with Crippen LogP contribution in [0.2, 0.25) is 0 Å². The van der Waals surface area contributed by atoms with Crippen LogP contribution in [0.4, 0.5) is 5.69 Å². The van der Waals surface area contributed by atoms with Crippen molar-refractivity contribution in [2.45, 2.75) is 26.4 Å². The Hall–Kier alpha value is -1.66. The molecule has 0 spiro atoms. The van der Waals surface area contributed by atoms with Gasteiger partial charge in [0.05, 0.1) is 11.3 Å². The molecular formula is C15H23N3O3. The van der Waals surface area contributed by atoms with E-state index in [1.54, 1.807) is 13.8 Å². The van der Waals surface area contributed by atoms with E-state index in [0.717, 1.165) is 37.6 Å². The molecule has 0 atom stereocenters.